The van der Waals surface area contributed by atoms with Crippen molar-refractivity contribution in [3.8, 4) is 5.75 Å². The number of benzene rings is 2. The lowest BCUT2D eigenvalue weighted by Crippen LogP contribution is -2.31. The Bertz CT molecular complexity index is 814. The van der Waals surface area contributed by atoms with Gasteiger partial charge in [-0.3, -0.25) is 9.69 Å². The van der Waals surface area contributed by atoms with Gasteiger partial charge in [0, 0.05) is 6.54 Å². The van der Waals surface area contributed by atoms with E-state index >= 15 is 0 Å². The van der Waals surface area contributed by atoms with Gasteiger partial charge in [-0.25, -0.2) is 0 Å². The van der Waals surface area contributed by atoms with Crippen molar-refractivity contribution in [1.29, 1.82) is 0 Å². The second-order valence-electron chi connectivity index (χ2n) is 6.53. The average Bonchev–Trinajstić information content (AvgIpc) is 2.89. The summed E-state index contributed by atoms with van der Waals surface area (Å²) in [6.07, 6.45) is 1.89. The number of ether oxygens (including phenoxy) is 1. The number of carbonyl (C=O) groups excluding carboxylic acids is 1. The highest BCUT2D eigenvalue weighted by atomic mass is 32.2. The van der Waals surface area contributed by atoms with Crippen LogP contribution in [0.15, 0.2) is 59.5 Å². The highest BCUT2D eigenvalue weighted by Crippen LogP contribution is 2.33. The predicted octanol–water partition coefficient (Wildman–Crippen LogP) is 5.12. The summed E-state index contributed by atoms with van der Waals surface area (Å²) >= 11 is 6.71. The number of thiocarbonyl (C=S) groups is 1. The zero-order valence-electron chi connectivity index (χ0n) is 14.8. The second kappa shape index (κ2) is 8.52. The van der Waals surface area contributed by atoms with Gasteiger partial charge in [0.2, 0.25) is 0 Å². The number of nitrogens with zero attached hydrogens (tertiary/aromatic N) is 1. The minimum atomic E-state index is -0.00176. The van der Waals surface area contributed by atoms with Gasteiger partial charge in [0.1, 0.15) is 16.7 Å². The fraction of sp³-hybridized carbons (Fsp3) is 0.238. The van der Waals surface area contributed by atoms with Crippen LogP contribution in [0.3, 0.4) is 0 Å². The molecule has 1 fully saturated rings. The molecule has 0 bridgehead atoms. The molecule has 0 atom stereocenters. The van der Waals surface area contributed by atoms with Gasteiger partial charge < -0.3 is 4.74 Å². The van der Waals surface area contributed by atoms with Gasteiger partial charge in [-0.1, -0.05) is 80.3 Å². The Morgan fingerprint density at radius 3 is 2.46 bits per heavy atom. The summed E-state index contributed by atoms with van der Waals surface area (Å²) in [5, 5.41) is 0. The zero-order valence-corrected chi connectivity index (χ0v) is 16.5. The summed E-state index contributed by atoms with van der Waals surface area (Å²) < 4.78 is 6.43. The van der Waals surface area contributed by atoms with Crippen molar-refractivity contribution in [2.45, 2.75) is 20.5 Å². The molecule has 1 aliphatic rings. The van der Waals surface area contributed by atoms with Crippen LogP contribution in [0.25, 0.3) is 6.08 Å². The van der Waals surface area contributed by atoms with Crippen LogP contribution in [0, 0.1) is 5.92 Å². The molecule has 0 spiro atoms. The van der Waals surface area contributed by atoms with Crippen LogP contribution in [-0.2, 0) is 11.4 Å². The minimum absolute atomic E-state index is 0.00176. The fourth-order valence-corrected chi connectivity index (χ4v) is 3.85. The molecule has 3 nitrogen and oxygen atoms in total. The molecule has 0 radical (unpaired) electrons. The van der Waals surface area contributed by atoms with Gasteiger partial charge >= 0.3 is 0 Å². The summed E-state index contributed by atoms with van der Waals surface area (Å²) in [6, 6.07) is 17.8. The minimum Gasteiger partial charge on any atom is -0.489 e. The van der Waals surface area contributed by atoms with E-state index in [9.17, 15) is 4.79 Å². The normalized spacial score (nSPS) is 16.0. The molecule has 0 aliphatic carbocycles. The lowest BCUT2D eigenvalue weighted by molar-refractivity contribution is -0.122. The highest BCUT2D eigenvalue weighted by molar-refractivity contribution is 8.26. The maximum Gasteiger partial charge on any atom is 0.266 e. The number of rotatable bonds is 6. The molecule has 0 unspecified atom stereocenters. The van der Waals surface area contributed by atoms with Crippen molar-refractivity contribution in [2.24, 2.45) is 5.92 Å². The third kappa shape index (κ3) is 4.74. The molecule has 1 heterocycles. The van der Waals surface area contributed by atoms with Gasteiger partial charge in [0.25, 0.3) is 5.91 Å². The largest absolute Gasteiger partial charge is 0.489 e. The van der Waals surface area contributed by atoms with E-state index in [-0.39, 0.29) is 5.91 Å². The monoisotopic (exact) mass is 383 g/mol. The number of hydrogen-bond donors (Lipinski definition) is 0. The summed E-state index contributed by atoms with van der Waals surface area (Å²) in [4.78, 5) is 14.9. The van der Waals surface area contributed by atoms with Crippen LogP contribution in [0.4, 0.5) is 0 Å². The van der Waals surface area contributed by atoms with Crippen LogP contribution in [0.1, 0.15) is 25.0 Å². The first-order valence-corrected chi connectivity index (χ1v) is 9.77. The first kappa shape index (κ1) is 18.7. The molecule has 134 valence electrons. The SMILES string of the molecule is CC(C)CN1C(=O)C(=Cc2ccc(OCc3ccccc3)cc2)SC1=S. The van der Waals surface area contributed by atoms with Crippen molar-refractivity contribution in [3.05, 3.63) is 70.6 Å². The van der Waals surface area contributed by atoms with Crippen molar-refractivity contribution < 1.29 is 9.53 Å². The molecule has 26 heavy (non-hydrogen) atoms. The standard InChI is InChI=1S/C21H21NO2S2/c1-15(2)13-22-20(23)19(26-21(22)25)12-16-8-10-18(11-9-16)24-14-17-6-4-3-5-7-17/h3-12,15H,13-14H2,1-2H3. The summed E-state index contributed by atoms with van der Waals surface area (Å²) in [5.41, 5.74) is 2.09. The smallest absolute Gasteiger partial charge is 0.266 e. The van der Waals surface area contributed by atoms with Gasteiger partial charge in [-0.2, -0.15) is 0 Å². The molecular weight excluding hydrogens is 362 g/mol. The lowest BCUT2D eigenvalue weighted by Gasteiger charge is -2.16. The maximum absolute atomic E-state index is 12.5. The Hall–Kier alpha value is -2.11. The Morgan fingerprint density at radius 1 is 1.12 bits per heavy atom. The number of hydrogen-bond acceptors (Lipinski definition) is 4. The summed E-state index contributed by atoms with van der Waals surface area (Å²) in [6.45, 7) is 5.36. The molecular formula is C21H21NO2S2. The van der Waals surface area contributed by atoms with E-state index in [0.29, 0.717) is 28.3 Å². The van der Waals surface area contributed by atoms with Crippen molar-refractivity contribution >= 4 is 40.3 Å². The van der Waals surface area contributed by atoms with E-state index in [1.165, 1.54) is 11.8 Å². The van der Waals surface area contributed by atoms with E-state index in [4.69, 9.17) is 17.0 Å². The fourth-order valence-electron chi connectivity index (χ4n) is 2.58. The quantitative estimate of drug-likeness (QED) is 0.511. The molecule has 3 rings (SSSR count). The molecule has 0 N–H and O–H groups in total. The van der Waals surface area contributed by atoms with Gasteiger partial charge in [0.05, 0.1) is 4.91 Å². The van der Waals surface area contributed by atoms with E-state index in [0.717, 1.165) is 16.9 Å². The zero-order chi connectivity index (χ0) is 18.5. The first-order chi connectivity index (χ1) is 12.5. The Morgan fingerprint density at radius 2 is 1.81 bits per heavy atom. The Kier molecular flexibility index (Phi) is 6.12. The van der Waals surface area contributed by atoms with Gasteiger partial charge in [-0.15, -0.1) is 0 Å². The third-order valence-electron chi connectivity index (χ3n) is 3.85. The van der Waals surface area contributed by atoms with E-state index in [1.807, 2.05) is 60.7 Å². The maximum atomic E-state index is 12.5. The first-order valence-electron chi connectivity index (χ1n) is 8.55. The Balaban J connectivity index is 1.64. The molecule has 5 heteroatoms. The predicted molar refractivity (Wildman–Crippen MR) is 112 cm³/mol. The van der Waals surface area contributed by atoms with Crippen molar-refractivity contribution in [3.63, 3.8) is 0 Å². The van der Waals surface area contributed by atoms with E-state index in [1.54, 1.807) is 4.90 Å². The highest BCUT2D eigenvalue weighted by Gasteiger charge is 2.32. The van der Waals surface area contributed by atoms with Crippen molar-refractivity contribution in [1.82, 2.24) is 4.90 Å². The summed E-state index contributed by atoms with van der Waals surface area (Å²) in [5.74, 6) is 1.19. The van der Waals surface area contributed by atoms with Crippen LogP contribution >= 0.6 is 24.0 Å². The second-order valence-corrected chi connectivity index (χ2v) is 8.21. The van der Waals surface area contributed by atoms with Crippen LogP contribution in [-0.4, -0.2) is 21.7 Å². The summed E-state index contributed by atoms with van der Waals surface area (Å²) in [7, 11) is 0. The molecule has 1 aliphatic heterocycles. The molecule has 1 amide bonds. The van der Waals surface area contributed by atoms with Crippen LogP contribution < -0.4 is 4.74 Å². The Labute approximate surface area is 164 Å². The number of amides is 1. The lowest BCUT2D eigenvalue weighted by atomic mass is 10.2. The molecule has 0 saturated carbocycles. The van der Waals surface area contributed by atoms with E-state index < -0.39 is 0 Å². The van der Waals surface area contributed by atoms with E-state index in [2.05, 4.69) is 13.8 Å². The number of thioether (sulfide) groups is 1. The van der Waals surface area contributed by atoms with Crippen LogP contribution in [0.2, 0.25) is 0 Å². The van der Waals surface area contributed by atoms with Crippen molar-refractivity contribution in [2.75, 3.05) is 6.54 Å². The molecule has 1 saturated heterocycles. The van der Waals surface area contributed by atoms with Gasteiger partial charge in [0.15, 0.2) is 0 Å². The molecule has 2 aromatic rings. The molecule has 0 aromatic heterocycles. The molecule has 2 aromatic carbocycles. The third-order valence-corrected chi connectivity index (χ3v) is 5.23. The van der Waals surface area contributed by atoms with Gasteiger partial charge in [-0.05, 0) is 35.3 Å². The average molecular weight is 384 g/mol. The topological polar surface area (TPSA) is 29.5 Å². The van der Waals surface area contributed by atoms with Crippen LogP contribution in [0.5, 0.6) is 5.75 Å². The number of carbonyl (C=O) groups is 1.